The molecule has 0 bridgehead atoms. The van der Waals surface area contributed by atoms with Crippen LogP contribution in [0.2, 0.25) is 0 Å². The minimum absolute atomic E-state index is 0.133. The Labute approximate surface area is 190 Å². The van der Waals surface area contributed by atoms with Gasteiger partial charge in [0, 0.05) is 11.3 Å². The Morgan fingerprint density at radius 2 is 1.52 bits per heavy atom. The standard InChI is InChI=1S/C24H20N2O6S/c1-32-18-11-7-16(8-12-18)22(27)20-21(15-5-3-2-4-6-15)26(24(29)23(20)28)17-9-13-19(14-10-17)33(25,30)31/h2-14,20-21H,1H3,(H2,25,30,31). The maximum absolute atomic E-state index is 13.4. The normalized spacial score (nSPS) is 18.4. The van der Waals surface area contributed by atoms with Gasteiger partial charge in [-0.05, 0) is 54.1 Å². The largest absolute Gasteiger partial charge is 0.497 e. The van der Waals surface area contributed by atoms with E-state index in [1.807, 2.05) is 0 Å². The first-order valence-electron chi connectivity index (χ1n) is 9.96. The molecule has 3 aromatic carbocycles. The van der Waals surface area contributed by atoms with Crippen LogP contribution in [0, 0.1) is 5.92 Å². The molecule has 168 valence electrons. The third-order valence-corrected chi connectivity index (χ3v) is 6.48. The highest BCUT2D eigenvalue weighted by Crippen LogP contribution is 2.41. The smallest absolute Gasteiger partial charge is 0.295 e. The Kier molecular flexibility index (Phi) is 5.84. The van der Waals surface area contributed by atoms with Crippen molar-refractivity contribution in [2.24, 2.45) is 11.1 Å². The molecule has 2 unspecified atom stereocenters. The topological polar surface area (TPSA) is 124 Å². The van der Waals surface area contributed by atoms with Gasteiger partial charge in [0.2, 0.25) is 15.8 Å². The van der Waals surface area contributed by atoms with Crippen LogP contribution in [0.5, 0.6) is 5.75 Å². The summed E-state index contributed by atoms with van der Waals surface area (Å²) in [5, 5.41) is 5.16. The van der Waals surface area contributed by atoms with Gasteiger partial charge in [-0.3, -0.25) is 19.3 Å². The summed E-state index contributed by atoms with van der Waals surface area (Å²) in [6.45, 7) is 0. The predicted molar refractivity (Wildman–Crippen MR) is 120 cm³/mol. The average molecular weight is 464 g/mol. The van der Waals surface area contributed by atoms with Gasteiger partial charge in [0.1, 0.15) is 11.7 Å². The fourth-order valence-corrected chi connectivity index (χ4v) is 4.45. The number of ketones is 2. The lowest BCUT2D eigenvalue weighted by Crippen LogP contribution is -2.30. The molecule has 1 amide bonds. The van der Waals surface area contributed by atoms with Gasteiger partial charge in [0.15, 0.2) is 5.78 Å². The molecule has 3 aromatic rings. The van der Waals surface area contributed by atoms with Gasteiger partial charge in [0.25, 0.3) is 5.91 Å². The van der Waals surface area contributed by atoms with Crippen LogP contribution >= 0.6 is 0 Å². The van der Waals surface area contributed by atoms with E-state index in [1.54, 1.807) is 54.6 Å². The minimum atomic E-state index is -3.93. The SMILES string of the molecule is COc1ccc(C(=O)C2C(=O)C(=O)N(c3ccc(S(N)(=O)=O)cc3)C2c2ccccc2)cc1. The van der Waals surface area contributed by atoms with Crippen molar-refractivity contribution >= 4 is 33.2 Å². The van der Waals surface area contributed by atoms with E-state index in [0.717, 1.165) is 0 Å². The summed E-state index contributed by atoms with van der Waals surface area (Å²) in [6, 6.07) is 19.4. The molecule has 0 spiro atoms. The number of hydrogen-bond donors (Lipinski definition) is 1. The van der Waals surface area contributed by atoms with Crippen LogP contribution < -0.4 is 14.8 Å². The Balaban J connectivity index is 1.81. The van der Waals surface area contributed by atoms with Gasteiger partial charge in [0.05, 0.1) is 18.0 Å². The maximum atomic E-state index is 13.4. The summed E-state index contributed by atoms with van der Waals surface area (Å²) >= 11 is 0. The third-order valence-electron chi connectivity index (χ3n) is 5.55. The first kappa shape index (κ1) is 22.4. The molecule has 1 heterocycles. The van der Waals surface area contributed by atoms with Crippen LogP contribution in [0.1, 0.15) is 22.0 Å². The molecule has 33 heavy (non-hydrogen) atoms. The summed E-state index contributed by atoms with van der Waals surface area (Å²) in [7, 11) is -2.43. The number of amides is 1. The van der Waals surface area contributed by atoms with E-state index < -0.39 is 39.5 Å². The molecular formula is C24H20N2O6S. The van der Waals surface area contributed by atoms with Crippen molar-refractivity contribution in [3.8, 4) is 5.75 Å². The molecule has 0 radical (unpaired) electrons. The minimum Gasteiger partial charge on any atom is -0.497 e. The van der Waals surface area contributed by atoms with Gasteiger partial charge in [-0.1, -0.05) is 30.3 Å². The highest BCUT2D eigenvalue weighted by Gasteiger charge is 2.52. The summed E-state index contributed by atoms with van der Waals surface area (Å²) in [5.41, 5.74) is 1.15. The lowest BCUT2D eigenvalue weighted by molar-refractivity contribution is -0.135. The second kappa shape index (κ2) is 8.61. The molecule has 2 N–H and O–H groups in total. The number of methoxy groups -OCH3 is 1. The van der Waals surface area contributed by atoms with Crippen molar-refractivity contribution in [2.75, 3.05) is 12.0 Å². The first-order valence-corrected chi connectivity index (χ1v) is 11.5. The lowest BCUT2D eigenvalue weighted by Gasteiger charge is -2.27. The monoisotopic (exact) mass is 464 g/mol. The number of primary sulfonamides is 1. The number of rotatable bonds is 6. The van der Waals surface area contributed by atoms with E-state index in [4.69, 9.17) is 9.88 Å². The molecule has 0 aliphatic carbocycles. The van der Waals surface area contributed by atoms with E-state index in [9.17, 15) is 22.8 Å². The van der Waals surface area contributed by atoms with Gasteiger partial charge in [-0.2, -0.15) is 0 Å². The number of carbonyl (C=O) groups excluding carboxylic acids is 3. The van der Waals surface area contributed by atoms with E-state index in [1.165, 1.54) is 36.3 Å². The number of anilines is 1. The van der Waals surface area contributed by atoms with Crippen LogP contribution in [0.15, 0.2) is 83.8 Å². The van der Waals surface area contributed by atoms with E-state index in [-0.39, 0.29) is 16.1 Å². The molecule has 1 fully saturated rings. The Morgan fingerprint density at radius 3 is 2.06 bits per heavy atom. The fraction of sp³-hybridized carbons (Fsp3) is 0.125. The second-order valence-electron chi connectivity index (χ2n) is 7.50. The van der Waals surface area contributed by atoms with E-state index in [0.29, 0.717) is 11.3 Å². The molecule has 2 atom stereocenters. The highest BCUT2D eigenvalue weighted by molar-refractivity contribution is 7.89. The van der Waals surface area contributed by atoms with Crippen molar-refractivity contribution in [3.05, 3.63) is 90.0 Å². The van der Waals surface area contributed by atoms with Crippen molar-refractivity contribution in [3.63, 3.8) is 0 Å². The van der Waals surface area contributed by atoms with Crippen molar-refractivity contribution in [2.45, 2.75) is 10.9 Å². The molecule has 8 nitrogen and oxygen atoms in total. The van der Waals surface area contributed by atoms with Gasteiger partial charge < -0.3 is 4.74 Å². The molecule has 0 aromatic heterocycles. The van der Waals surface area contributed by atoms with Crippen molar-refractivity contribution in [1.82, 2.24) is 0 Å². The molecule has 4 rings (SSSR count). The van der Waals surface area contributed by atoms with Crippen LogP contribution in [-0.2, 0) is 19.6 Å². The molecule has 1 saturated heterocycles. The average Bonchev–Trinajstić information content (AvgIpc) is 3.09. The molecule has 9 heteroatoms. The zero-order chi connectivity index (χ0) is 23.8. The molecule has 1 aliphatic rings. The molecule has 0 saturated carbocycles. The number of hydrogen-bond acceptors (Lipinski definition) is 6. The second-order valence-corrected chi connectivity index (χ2v) is 9.07. The maximum Gasteiger partial charge on any atom is 0.295 e. The first-order chi connectivity index (χ1) is 15.7. The van der Waals surface area contributed by atoms with Crippen LogP contribution in [0.3, 0.4) is 0 Å². The Morgan fingerprint density at radius 1 is 0.909 bits per heavy atom. The predicted octanol–water partition coefficient (Wildman–Crippen LogP) is 2.50. The Hall–Kier alpha value is -3.82. The van der Waals surface area contributed by atoms with Gasteiger partial charge >= 0.3 is 0 Å². The fourth-order valence-electron chi connectivity index (χ4n) is 3.93. The van der Waals surface area contributed by atoms with Crippen LogP contribution in [-0.4, -0.2) is 33.0 Å². The summed E-state index contributed by atoms with van der Waals surface area (Å²) in [6.07, 6.45) is 0. The third kappa shape index (κ3) is 4.15. The molecule has 1 aliphatic heterocycles. The summed E-state index contributed by atoms with van der Waals surface area (Å²) in [5.74, 6) is -2.89. The number of nitrogens with two attached hydrogens (primary N) is 1. The van der Waals surface area contributed by atoms with Gasteiger partial charge in [-0.25, -0.2) is 13.6 Å². The summed E-state index contributed by atoms with van der Waals surface area (Å²) < 4.78 is 28.3. The zero-order valence-electron chi connectivity index (χ0n) is 17.5. The lowest BCUT2D eigenvalue weighted by atomic mass is 9.86. The quantitative estimate of drug-likeness (QED) is 0.340. The van der Waals surface area contributed by atoms with Crippen LogP contribution in [0.25, 0.3) is 0 Å². The number of Topliss-reactive ketones (excluding diaryl/α,β-unsaturated/α-hetero) is 2. The van der Waals surface area contributed by atoms with Crippen molar-refractivity contribution in [1.29, 1.82) is 0 Å². The number of carbonyl (C=O) groups is 3. The van der Waals surface area contributed by atoms with Gasteiger partial charge in [-0.15, -0.1) is 0 Å². The Bertz CT molecular complexity index is 1320. The van der Waals surface area contributed by atoms with E-state index in [2.05, 4.69) is 0 Å². The molecular weight excluding hydrogens is 444 g/mol. The highest BCUT2D eigenvalue weighted by atomic mass is 32.2. The number of benzene rings is 3. The summed E-state index contributed by atoms with van der Waals surface area (Å²) in [4.78, 5) is 40.7. The number of ether oxygens (including phenoxy) is 1. The zero-order valence-corrected chi connectivity index (χ0v) is 18.4. The van der Waals surface area contributed by atoms with E-state index >= 15 is 0 Å². The van der Waals surface area contributed by atoms with Crippen molar-refractivity contribution < 1.29 is 27.5 Å². The van der Waals surface area contributed by atoms with Crippen LogP contribution in [0.4, 0.5) is 5.69 Å². The number of nitrogens with zero attached hydrogens (tertiary/aromatic N) is 1. The number of sulfonamides is 1.